The van der Waals surface area contributed by atoms with E-state index in [4.69, 9.17) is 10.5 Å². The maximum absolute atomic E-state index is 12.8. The average Bonchev–Trinajstić information content (AvgIpc) is 2.89. The number of carbonyl (C=O) groups is 2. The van der Waals surface area contributed by atoms with Crippen molar-refractivity contribution in [2.24, 2.45) is 17.4 Å². The van der Waals surface area contributed by atoms with Gasteiger partial charge in [0, 0.05) is 50.7 Å². The van der Waals surface area contributed by atoms with Gasteiger partial charge >= 0.3 is 5.69 Å². The molecule has 4 N–H and O–H groups in total. The van der Waals surface area contributed by atoms with E-state index in [1.165, 1.54) is 32.1 Å². The van der Waals surface area contributed by atoms with Gasteiger partial charge in [0.1, 0.15) is 5.82 Å². The lowest BCUT2D eigenvalue weighted by molar-refractivity contribution is -0.136. The van der Waals surface area contributed by atoms with Crippen molar-refractivity contribution in [3.05, 3.63) is 28.8 Å². The molecule has 2 amide bonds. The molecule has 2 heterocycles. The predicted molar refractivity (Wildman–Crippen MR) is 147 cm³/mol. The normalized spacial score (nSPS) is 21.2. The Hall–Kier alpha value is -2.72. The van der Waals surface area contributed by atoms with E-state index in [0.717, 1.165) is 37.5 Å². The van der Waals surface area contributed by atoms with Crippen LogP contribution in [0, 0.1) is 5.92 Å². The van der Waals surface area contributed by atoms with Crippen LogP contribution in [-0.4, -0.2) is 83.0 Å². The molecular weight excluding hydrogens is 470 g/mol. The predicted octanol–water partition coefficient (Wildman–Crippen LogP) is 1.64. The summed E-state index contributed by atoms with van der Waals surface area (Å²) in [5, 5.41) is 0. The molecule has 1 aromatic heterocycles. The molecule has 4 rings (SSSR count). The Kier molecular flexibility index (Phi) is 10.3. The third-order valence-electron chi connectivity index (χ3n) is 7.78. The lowest BCUT2D eigenvalue weighted by Gasteiger charge is -2.38. The molecule has 0 aromatic carbocycles. The minimum Gasteiger partial charge on any atom is -0.372 e. The van der Waals surface area contributed by atoms with Gasteiger partial charge in [0.05, 0.1) is 5.54 Å². The summed E-state index contributed by atoms with van der Waals surface area (Å²) in [6, 6.07) is 2.68. The first kappa shape index (κ1) is 28.8. The number of carbonyl (C=O) groups excluding carboxylic acids is 2. The monoisotopic (exact) mass is 515 g/mol. The minimum absolute atomic E-state index is 0.0389. The Morgan fingerprint density at radius 3 is 2.35 bits per heavy atom. The number of nitrogens with two attached hydrogens (primary N) is 2. The van der Waals surface area contributed by atoms with Crippen molar-refractivity contribution in [1.82, 2.24) is 19.4 Å². The van der Waals surface area contributed by atoms with Gasteiger partial charge in [0.25, 0.3) is 0 Å². The Morgan fingerprint density at radius 2 is 1.81 bits per heavy atom. The van der Waals surface area contributed by atoms with Crippen molar-refractivity contribution in [2.75, 3.05) is 44.7 Å². The molecule has 1 unspecified atom stereocenters. The second-order valence-electron chi connectivity index (χ2n) is 11.1. The van der Waals surface area contributed by atoms with Crippen LogP contribution in [0.25, 0.3) is 5.70 Å². The van der Waals surface area contributed by atoms with Crippen molar-refractivity contribution >= 4 is 23.8 Å². The summed E-state index contributed by atoms with van der Waals surface area (Å²) in [6.07, 6.45) is 14.2. The van der Waals surface area contributed by atoms with Crippen molar-refractivity contribution in [2.45, 2.75) is 76.8 Å². The van der Waals surface area contributed by atoms with Crippen LogP contribution in [0.5, 0.6) is 0 Å². The van der Waals surface area contributed by atoms with Crippen LogP contribution < -0.4 is 22.1 Å². The molecular formula is C27H45N7O3. The number of hydrogen-bond acceptors (Lipinski definition) is 7. The SMILES string of the molecule is CN(CC1CC=C(n2ccc(N3CCN(C(=O)C(C)(C)N)CC3)nc2=O)CC1)C1CCCCC1.NC=O. The summed E-state index contributed by atoms with van der Waals surface area (Å²) < 4.78 is 1.71. The Labute approximate surface area is 220 Å². The summed E-state index contributed by atoms with van der Waals surface area (Å²) in [5.74, 6) is 1.31. The molecule has 2 aliphatic carbocycles. The molecule has 2 fully saturated rings. The van der Waals surface area contributed by atoms with Gasteiger partial charge < -0.3 is 26.2 Å². The first-order valence-corrected chi connectivity index (χ1v) is 13.6. The van der Waals surface area contributed by atoms with E-state index in [2.05, 4.69) is 33.6 Å². The summed E-state index contributed by atoms with van der Waals surface area (Å²) in [6.45, 7) is 7.10. The fourth-order valence-electron chi connectivity index (χ4n) is 5.67. The summed E-state index contributed by atoms with van der Waals surface area (Å²) in [5.41, 5.74) is 10.1. The smallest absolute Gasteiger partial charge is 0.353 e. The van der Waals surface area contributed by atoms with Crippen molar-refractivity contribution in [1.29, 1.82) is 0 Å². The number of aromatic nitrogens is 2. The minimum atomic E-state index is -0.862. The van der Waals surface area contributed by atoms with Crippen LogP contribution in [0.2, 0.25) is 0 Å². The standard InChI is InChI=1S/C26H42N6O2.CH3NO/c1-26(2,27)24(33)31-17-15-30(16-18-31)23-13-14-32(25(34)28-23)22-11-9-20(10-12-22)19-29(3)21-7-5-4-6-8-21;2-1-3/h11,13-14,20-21H,4-10,12,15-19,27H2,1-3H3;1H,(H2,2,3). The van der Waals surface area contributed by atoms with E-state index in [1.54, 1.807) is 23.3 Å². The molecule has 3 aliphatic rings. The molecule has 1 saturated carbocycles. The van der Waals surface area contributed by atoms with Gasteiger partial charge in [-0.25, -0.2) is 4.79 Å². The first-order chi connectivity index (χ1) is 17.6. The zero-order valence-corrected chi connectivity index (χ0v) is 22.8. The van der Waals surface area contributed by atoms with Gasteiger partial charge in [0.2, 0.25) is 12.3 Å². The highest BCUT2D eigenvalue weighted by molar-refractivity contribution is 5.85. The van der Waals surface area contributed by atoms with Crippen LogP contribution in [0.3, 0.4) is 0 Å². The first-order valence-electron chi connectivity index (χ1n) is 13.6. The Morgan fingerprint density at radius 1 is 1.16 bits per heavy atom. The van der Waals surface area contributed by atoms with E-state index in [1.807, 2.05) is 12.3 Å². The molecule has 1 aromatic rings. The fourth-order valence-corrected chi connectivity index (χ4v) is 5.67. The zero-order valence-electron chi connectivity index (χ0n) is 22.8. The molecule has 0 bridgehead atoms. The Balaban J connectivity index is 0.00000121. The largest absolute Gasteiger partial charge is 0.372 e. The van der Waals surface area contributed by atoms with Crippen LogP contribution in [0.15, 0.2) is 23.1 Å². The van der Waals surface area contributed by atoms with Gasteiger partial charge in [-0.1, -0.05) is 25.3 Å². The molecule has 0 radical (unpaired) electrons. The van der Waals surface area contributed by atoms with E-state index < -0.39 is 5.54 Å². The summed E-state index contributed by atoms with van der Waals surface area (Å²) >= 11 is 0. The van der Waals surface area contributed by atoms with Crippen LogP contribution in [0.1, 0.15) is 65.2 Å². The second-order valence-corrected chi connectivity index (χ2v) is 11.1. The van der Waals surface area contributed by atoms with Crippen molar-refractivity contribution < 1.29 is 9.59 Å². The molecule has 10 nitrogen and oxygen atoms in total. The Bertz CT molecular complexity index is 986. The lowest BCUT2D eigenvalue weighted by Crippen LogP contribution is -2.57. The van der Waals surface area contributed by atoms with E-state index in [9.17, 15) is 9.59 Å². The molecule has 0 spiro atoms. The highest BCUT2D eigenvalue weighted by Gasteiger charge is 2.30. The molecule has 1 aliphatic heterocycles. The highest BCUT2D eigenvalue weighted by Crippen LogP contribution is 2.29. The number of hydrogen-bond donors (Lipinski definition) is 2. The van der Waals surface area contributed by atoms with Crippen LogP contribution in [-0.2, 0) is 9.59 Å². The highest BCUT2D eigenvalue weighted by atomic mass is 16.2. The third-order valence-corrected chi connectivity index (χ3v) is 7.78. The number of primary amides is 1. The molecule has 206 valence electrons. The molecule has 1 saturated heterocycles. The van der Waals surface area contributed by atoms with Crippen LogP contribution in [0.4, 0.5) is 5.82 Å². The lowest BCUT2D eigenvalue weighted by atomic mass is 9.89. The zero-order chi connectivity index (χ0) is 27.0. The number of amides is 2. The van der Waals surface area contributed by atoms with Gasteiger partial charge in [0.15, 0.2) is 0 Å². The van der Waals surface area contributed by atoms with Crippen molar-refractivity contribution in [3.63, 3.8) is 0 Å². The van der Waals surface area contributed by atoms with Gasteiger partial charge in [-0.2, -0.15) is 4.98 Å². The molecule has 10 heteroatoms. The summed E-state index contributed by atoms with van der Waals surface area (Å²) in [7, 11) is 2.29. The third kappa shape index (κ3) is 7.88. The van der Waals surface area contributed by atoms with Gasteiger partial charge in [-0.05, 0) is 65.0 Å². The quantitative estimate of drug-likeness (QED) is 0.551. The van der Waals surface area contributed by atoms with Crippen molar-refractivity contribution in [3.8, 4) is 0 Å². The maximum Gasteiger partial charge on any atom is 0.353 e. The number of rotatable bonds is 6. The number of nitrogens with zero attached hydrogens (tertiary/aromatic N) is 5. The topological polar surface area (TPSA) is 131 Å². The van der Waals surface area contributed by atoms with E-state index >= 15 is 0 Å². The van der Waals surface area contributed by atoms with E-state index in [-0.39, 0.29) is 18.0 Å². The number of piperazine rings is 1. The molecule has 37 heavy (non-hydrogen) atoms. The maximum atomic E-state index is 12.8. The summed E-state index contributed by atoms with van der Waals surface area (Å²) in [4.78, 5) is 44.7. The van der Waals surface area contributed by atoms with Gasteiger partial charge in [-0.15, -0.1) is 0 Å². The fraction of sp³-hybridized carbons (Fsp3) is 0.704. The van der Waals surface area contributed by atoms with E-state index in [0.29, 0.717) is 37.9 Å². The number of allylic oxidation sites excluding steroid dienone is 2. The van der Waals surface area contributed by atoms with Gasteiger partial charge in [-0.3, -0.25) is 14.2 Å². The average molecular weight is 516 g/mol. The second kappa shape index (κ2) is 13.2. The molecule has 1 atom stereocenters. The van der Waals surface area contributed by atoms with Crippen LogP contribution >= 0.6 is 0 Å². The number of anilines is 1.